The normalized spacial score (nSPS) is 11.9. The summed E-state index contributed by atoms with van der Waals surface area (Å²) in [5, 5.41) is 3.70. The molecule has 0 atom stereocenters. The van der Waals surface area contributed by atoms with E-state index in [1.54, 1.807) is 25.1 Å². The van der Waals surface area contributed by atoms with E-state index >= 15 is 0 Å². The quantitative estimate of drug-likeness (QED) is 0.684. The number of anilines is 1. The van der Waals surface area contributed by atoms with Crippen LogP contribution in [-0.2, 0) is 10.0 Å². The van der Waals surface area contributed by atoms with Gasteiger partial charge in [-0.05, 0) is 37.5 Å². The van der Waals surface area contributed by atoms with Crippen molar-refractivity contribution < 1.29 is 12.9 Å². The van der Waals surface area contributed by atoms with Crippen LogP contribution >= 0.6 is 11.3 Å². The molecule has 0 saturated carbocycles. The van der Waals surface area contributed by atoms with E-state index in [0.29, 0.717) is 22.9 Å². The fourth-order valence-corrected chi connectivity index (χ4v) is 5.69. The van der Waals surface area contributed by atoms with Gasteiger partial charge < -0.3 is 4.52 Å². The van der Waals surface area contributed by atoms with Crippen LogP contribution in [0, 0.1) is 13.8 Å². The lowest BCUT2D eigenvalue weighted by molar-refractivity contribution is 0.431. The van der Waals surface area contributed by atoms with Crippen LogP contribution in [0.5, 0.6) is 0 Å². The molecule has 25 heavy (non-hydrogen) atoms. The monoisotopic (exact) mass is 376 g/mol. The van der Waals surface area contributed by atoms with Crippen LogP contribution in [0.15, 0.2) is 45.9 Å². The number of aromatic nitrogens is 1. The maximum atomic E-state index is 13.0. The first-order chi connectivity index (χ1) is 11.8. The summed E-state index contributed by atoms with van der Waals surface area (Å²) >= 11 is 1.43. The van der Waals surface area contributed by atoms with E-state index < -0.39 is 10.0 Å². The molecule has 0 aliphatic rings. The van der Waals surface area contributed by atoms with Crippen LogP contribution in [0.4, 0.5) is 5.69 Å². The van der Waals surface area contributed by atoms with Crippen molar-refractivity contribution >= 4 is 27.0 Å². The summed E-state index contributed by atoms with van der Waals surface area (Å²) in [6, 6.07) is 9.12. The van der Waals surface area contributed by atoms with E-state index in [1.807, 2.05) is 19.1 Å². The standard InChI is InChI=1S/C18H20N2O3S2/c1-11(2)14-5-7-15(8-6-14)20-25(21,22)18-13(4)24-12(3)17(18)16-9-10-19-23-16/h5-11,20H,1-4H3. The topological polar surface area (TPSA) is 72.2 Å². The smallest absolute Gasteiger partial charge is 0.263 e. The Kier molecular flexibility index (Phi) is 4.71. The predicted octanol–water partition coefficient (Wildman–Crippen LogP) is 4.94. The molecule has 0 fully saturated rings. The van der Waals surface area contributed by atoms with Gasteiger partial charge in [-0.25, -0.2) is 8.42 Å². The Hall–Kier alpha value is -2.12. The fourth-order valence-electron chi connectivity index (χ4n) is 2.76. The summed E-state index contributed by atoms with van der Waals surface area (Å²) < 4.78 is 33.9. The Morgan fingerprint density at radius 2 is 1.76 bits per heavy atom. The highest BCUT2D eigenvalue weighted by Crippen LogP contribution is 2.39. The van der Waals surface area contributed by atoms with Crippen LogP contribution in [0.25, 0.3) is 11.3 Å². The van der Waals surface area contributed by atoms with Crippen LogP contribution < -0.4 is 4.72 Å². The molecule has 0 spiro atoms. The molecule has 0 aliphatic heterocycles. The first-order valence-electron chi connectivity index (χ1n) is 7.93. The third-order valence-corrected chi connectivity index (χ3v) is 6.69. The molecule has 5 nitrogen and oxygen atoms in total. The first kappa shape index (κ1) is 17.7. The summed E-state index contributed by atoms with van der Waals surface area (Å²) in [7, 11) is -3.74. The van der Waals surface area contributed by atoms with E-state index in [0.717, 1.165) is 15.3 Å². The number of hydrogen-bond acceptors (Lipinski definition) is 5. The molecule has 0 saturated heterocycles. The zero-order chi connectivity index (χ0) is 18.2. The van der Waals surface area contributed by atoms with Crippen molar-refractivity contribution in [3.63, 3.8) is 0 Å². The minimum atomic E-state index is -3.74. The van der Waals surface area contributed by atoms with E-state index in [2.05, 4.69) is 23.7 Å². The average Bonchev–Trinajstić information content (AvgIpc) is 3.14. The highest BCUT2D eigenvalue weighted by Gasteiger charge is 2.28. The number of benzene rings is 1. The number of rotatable bonds is 5. The molecular formula is C18H20N2O3S2. The van der Waals surface area contributed by atoms with Gasteiger partial charge >= 0.3 is 0 Å². The van der Waals surface area contributed by atoms with E-state index in [4.69, 9.17) is 4.52 Å². The van der Waals surface area contributed by atoms with Gasteiger partial charge in [0.15, 0.2) is 5.76 Å². The Morgan fingerprint density at radius 1 is 1.08 bits per heavy atom. The van der Waals surface area contributed by atoms with Gasteiger partial charge in [-0.1, -0.05) is 31.1 Å². The molecule has 0 aliphatic carbocycles. The SMILES string of the molecule is Cc1sc(C)c(S(=O)(=O)Nc2ccc(C(C)C)cc2)c1-c1ccno1. The number of aryl methyl sites for hydroxylation is 2. The Labute approximate surface area is 151 Å². The average molecular weight is 377 g/mol. The molecule has 132 valence electrons. The minimum Gasteiger partial charge on any atom is -0.356 e. The second-order valence-electron chi connectivity index (χ2n) is 6.18. The number of nitrogens with zero attached hydrogens (tertiary/aromatic N) is 1. The molecule has 0 radical (unpaired) electrons. The van der Waals surface area contributed by atoms with Gasteiger partial charge in [-0.3, -0.25) is 4.72 Å². The van der Waals surface area contributed by atoms with Crippen molar-refractivity contribution in [3.05, 3.63) is 51.8 Å². The van der Waals surface area contributed by atoms with Gasteiger partial charge in [0.25, 0.3) is 10.0 Å². The zero-order valence-corrected chi connectivity index (χ0v) is 16.2. The maximum absolute atomic E-state index is 13.0. The van der Waals surface area contributed by atoms with Gasteiger partial charge in [0.2, 0.25) is 0 Å². The van der Waals surface area contributed by atoms with E-state index in [9.17, 15) is 8.42 Å². The molecule has 0 unspecified atom stereocenters. The number of sulfonamides is 1. The third kappa shape index (κ3) is 3.48. The lowest BCUT2D eigenvalue weighted by Crippen LogP contribution is -2.14. The third-order valence-electron chi connectivity index (χ3n) is 3.99. The Morgan fingerprint density at radius 3 is 2.32 bits per heavy atom. The molecule has 3 aromatic rings. The molecular weight excluding hydrogens is 356 g/mol. The van der Waals surface area contributed by atoms with Crippen molar-refractivity contribution in [2.24, 2.45) is 0 Å². The lowest BCUT2D eigenvalue weighted by Gasteiger charge is -2.11. The second-order valence-corrected chi connectivity index (χ2v) is 9.23. The first-order valence-corrected chi connectivity index (χ1v) is 10.2. The molecule has 7 heteroatoms. The Balaban J connectivity index is 2.01. The molecule has 1 aromatic carbocycles. The second kappa shape index (κ2) is 6.65. The van der Waals surface area contributed by atoms with Gasteiger partial charge in [0.1, 0.15) is 4.90 Å². The fraction of sp³-hybridized carbons (Fsp3) is 0.278. The van der Waals surface area contributed by atoms with Crippen molar-refractivity contribution in [2.45, 2.75) is 38.5 Å². The van der Waals surface area contributed by atoms with Crippen LogP contribution in [0.3, 0.4) is 0 Å². The van der Waals surface area contributed by atoms with Crippen LogP contribution in [0.1, 0.15) is 35.1 Å². The molecule has 0 bridgehead atoms. The summed E-state index contributed by atoms with van der Waals surface area (Å²) in [4.78, 5) is 1.85. The number of nitrogens with one attached hydrogen (secondary N) is 1. The summed E-state index contributed by atoms with van der Waals surface area (Å²) in [5.41, 5.74) is 2.27. The molecule has 3 rings (SSSR count). The van der Waals surface area contributed by atoms with Gasteiger partial charge in [0, 0.05) is 21.5 Å². The molecule has 2 heterocycles. The zero-order valence-electron chi connectivity index (χ0n) is 14.5. The van der Waals surface area contributed by atoms with Crippen LogP contribution in [0.2, 0.25) is 0 Å². The van der Waals surface area contributed by atoms with Crippen molar-refractivity contribution in [3.8, 4) is 11.3 Å². The highest BCUT2D eigenvalue weighted by atomic mass is 32.2. The minimum absolute atomic E-state index is 0.250. The number of hydrogen-bond donors (Lipinski definition) is 1. The summed E-state index contributed by atoms with van der Waals surface area (Å²) in [6.45, 7) is 7.88. The molecule has 2 aromatic heterocycles. The highest BCUT2D eigenvalue weighted by molar-refractivity contribution is 7.93. The Bertz CT molecular complexity index is 970. The summed E-state index contributed by atoms with van der Waals surface area (Å²) in [6.07, 6.45) is 1.51. The van der Waals surface area contributed by atoms with E-state index in [1.165, 1.54) is 17.5 Å². The number of thiophene rings is 1. The van der Waals surface area contributed by atoms with Crippen molar-refractivity contribution in [1.29, 1.82) is 0 Å². The van der Waals surface area contributed by atoms with E-state index in [-0.39, 0.29) is 4.90 Å². The molecule has 0 amide bonds. The van der Waals surface area contributed by atoms with Gasteiger partial charge in [-0.15, -0.1) is 11.3 Å². The van der Waals surface area contributed by atoms with Gasteiger partial charge in [0.05, 0.1) is 11.8 Å². The van der Waals surface area contributed by atoms with Crippen LogP contribution in [-0.4, -0.2) is 13.6 Å². The maximum Gasteiger partial charge on any atom is 0.263 e. The lowest BCUT2D eigenvalue weighted by atomic mass is 10.0. The largest absolute Gasteiger partial charge is 0.356 e. The summed E-state index contributed by atoms with van der Waals surface area (Å²) in [5.74, 6) is 0.850. The van der Waals surface area contributed by atoms with Gasteiger partial charge in [-0.2, -0.15) is 0 Å². The van der Waals surface area contributed by atoms with Crippen molar-refractivity contribution in [1.82, 2.24) is 5.16 Å². The predicted molar refractivity (Wildman–Crippen MR) is 101 cm³/mol. The van der Waals surface area contributed by atoms with Crippen molar-refractivity contribution in [2.75, 3.05) is 4.72 Å². The molecule has 1 N–H and O–H groups in total.